The Kier molecular flexibility index (Phi) is 8.92. The molecule has 1 amide bonds. The topological polar surface area (TPSA) is 118 Å². The van der Waals surface area contributed by atoms with E-state index in [1.165, 1.54) is 32.2 Å². The molecule has 48 heavy (non-hydrogen) atoms. The molecule has 2 aromatic heterocycles. The maximum absolute atomic E-state index is 13.6. The van der Waals surface area contributed by atoms with Crippen LogP contribution in [0, 0.1) is 0 Å². The Balaban J connectivity index is 1.09. The summed E-state index contributed by atoms with van der Waals surface area (Å²) in [5, 5.41) is 0.769. The van der Waals surface area contributed by atoms with E-state index in [-0.39, 0.29) is 31.5 Å². The molecule has 12 heteroatoms. The number of aromatic nitrogens is 4. The second-order valence-electron chi connectivity index (χ2n) is 13.5. The quantitative estimate of drug-likeness (QED) is 0.152. The Hall–Kier alpha value is -3.97. The van der Waals surface area contributed by atoms with Gasteiger partial charge in [0.1, 0.15) is 0 Å². The van der Waals surface area contributed by atoms with Crippen molar-refractivity contribution < 1.29 is 19.0 Å². The summed E-state index contributed by atoms with van der Waals surface area (Å²) in [6.45, 7) is 5.63. The average molecular weight is 772 g/mol. The van der Waals surface area contributed by atoms with Gasteiger partial charge in [-0.1, -0.05) is 48.5 Å². The smallest absolute Gasteiger partial charge is 0.0619 e. The first-order valence-corrected chi connectivity index (χ1v) is 27.1. The molecule has 0 spiro atoms. The molecule has 0 unspecified atom stereocenters. The van der Waals surface area contributed by atoms with Crippen LogP contribution in [0.3, 0.4) is 0 Å². The van der Waals surface area contributed by atoms with Crippen molar-refractivity contribution in [3.63, 3.8) is 0 Å². The number of ether oxygens (including phenoxy) is 3. The number of carbonyl (C=O) groups excluding carboxylic acids is 1. The van der Waals surface area contributed by atoms with Crippen molar-refractivity contribution in [2.45, 2.75) is 63.6 Å². The molecule has 10 nitrogen and oxygen atoms in total. The van der Waals surface area contributed by atoms with Crippen LogP contribution in [-0.2, 0) is 11.3 Å². The van der Waals surface area contributed by atoms with Gasteiger partial charge in [0, 0.05) is 5.92 Å². The summed E-state index contributed by atoms with van der Waals surface area (Å²) in [5.74, 6) is 1.89. The molecule has 0 radical (unpaired) electrons. The summed E-state index contributed by atoms with van der Waals surface area (Å²) in [6.07, 6.45) is 1.82. The number of aryl methyl sites for hydroxylation is 1. The second kappa shape index (κ2) is 13.1. The molecule has 0 bridgehead atoms. The zero-order chi connectivity index (χ0) is 33.6. The summed E-state index contributed by atoms with van der Waals surface area (Å²) in [7, 11) is 0. The van der Waals surface area contributed by atoms with E-state index < -0.39 is 18.4 Å². The summed E-state index contributed by atoms with van der Waals surface area (Å²) in [5.41, 5.74) is 12.3. The molecule has 7 rings (SSSR count). The van der Waals surface area contributed by atoms with Crippen LogP contribution >= 0.6 is 11.8 Å². The number of anilines is 1. The fraction of sp³-hybridized carbons (Fsp3) is 0.333. The van der Waals surface area contributed by atoms with Crippen LogP contribution in [0.2, 0.25) is 14.8 Å². The number of benzene rings is 3. The number of fused-ring (bicyclic) bond motifs is 5. The van der Waals surface area contributed by atoms with Crippen molar-refractivity contribution in [2.24, 2.45) is 0 Å². The van der Waals surface area contributed by atoms with Gasteiger partial charge in [0.05, 0.1) is 0 Å². The van der Waals surface area contributed by atoms with Crippen LogP contribution in [0.5, 0.6) is 11.5 Å². The van der Waals surface area contributed by atoms with Crippen LogP contribution in [-0.4, -0.2) is 74.9 Å². The van der Waals surface area contributed by atoms with E-state index in [4.69, 9.17) is 24.9 Å². The molecule has 2 N–H and O–H groups in total. The van der Waals surface area contributed by atoms with Crippen LogP contribution in [0.4, 0.5) is 10.6 Å². The summed E-state index contributed by atoms with van der Waals surface area (Å²) < 4.78 is 20.9. The first-order valence-electron chi connectivity index (χ1n) is 16.3. The first kappa shape index (κ1) is 32.6. The SMILES string of the molecule is CC(C)N(CCCn1c(Sc2cc3c(c[c]2[Sn]([CH3])([CH3])[CH3])OCO3)nc2c(N)ncnc21)C(=O)OCC1c2ccccc2-c2ccccc21. The van der Waals surface area contributed by atoms with Crippen LogP contribution < -0.4 is 18.8 Å². The number of rotatable bonds is 10. The molecule has 1 aliphatic heterocycles. The van der Waals surface area contributed by atoms with E-state index >= 15 is 0 Å². The van der Waals surface area contributed by atoms with Crippen LogP contribution in [0.15, 0.2) is 77.0 Å². The zero-order valence-electron chi connectivity index (χ0n) is 27.9. The molecular formula is C36H40N6O4SSn. The number of nitrogens with zero attached hydrogens (tertiary/aromatic N) is 5. The van der Waals surface area contributed by atoms with Crippen molar-refractivity contribution in [2.75, 3.05) is 25.7 Å². The number of carbonyl (C=O) groups is 1. The third-order valence-corrected chi connectivity index (χ3v) is 16.3. The second-order valence-corrected chi connectivity index (χ2v) is 28.9. The molecule has 3 aromatic carbocycles. The molecular weight excluding hydrogens is 731 g/mol. The monoisotopic (exact) mass is 772 g/mol. The predicted molar refractivity (Wildman–Crippen MR) is 191 cm³/mol. The van der Waals surface area contributed by atoms with Gasteiger partial charge in [-0.2, -0.15) is 0 Å². The van der Waals surface area contributed by atoms with Gasteiger partial charge in [0.25, 0.3) is 0 Å². The van der Waals surface area contributed by atoms with Gasteiger partial charge in [-0.05, 0) is 22.3 Å². The standard InChI is InChI=1S/C33H31N6O4S.3CH3.Sn/c1-20(2)38(33(40)41-17-26-24-10-5-3-8-22(24)23-9-4-6-11-25(23)26)14-7-15-39-31-29(30(34)35-18-36-31)37-32(39)44-21-12-13-27-28(16-21)43-19-42-27;;;;/h3-6,8-11,13,16,18,20,26H,7,14-15,17,19H2,1-2H3,(H2,34,35,36);3*1H3;. The minimum atomic E-state index is -2.60. The molecule has 5 aromatic rings. The molecule has 0 saturated heterocycles. The van der Waals surface area contributed by atoms with Crippen molar-refractivity contribution in [3.05, 3.63) is 78.1 Å². The summed E-state index contributed by atoms with van der Waals surface area (Å²) in [6, 6.07) is 20.9. The third-order valence-electron chi connectivity index (χ3n) is 8.98. The Morgan fingerprint density at radius 3 is 2.38 bits per heavy atom. The molecule has 248 valence electrons. The summed E-state index contributed by atoms with van der Waals surface area (Å²) in [4.78, 5) is 37.3. The number of nitrogens with two attached hydrogens (primary N) is 1. The number of hydrogen-bond acceptors (Lipinski definition) is 9. The van der Waals surface area contributed by atoms with Gasteiger partial charge in [-0.3, -0.25) is 0 Å². The number of imidazole rings is 1. The van der Waals surface area contributed by atoms with E-state index in [9.17, 15) is 4.79 Å². The molecule has 3 heterocycles. The van der Waals surface area contributed by atoms with Gasteiger partial charge in [-0.15, -0.1) is 0 Å². The van der Waals surface area contributed by atoms with E-state index in [0.717, 1.165) is 21.6 Å². The Morgan fingerprint density at radius 2 is 1.71 bits per heavy atom. The van der Waals surface area contributed by atoms with E-state index in [2.05, 4.69) is 77.9 Å². The minimum Gasteiger partial charge on any atom is -0.0619 e. The summed E-state index contributed by atoms with van der Waals surface area (Å²) >= 11 is -1.00. The van der Waals surface area contributed by atoms with Crippen molar-refractivity contribution in [1.82, 2.24) is 24.4 Å². The van der Waals surface area contributed by atoms with Crippen molar-refractivity contribution >= 4 is 56.8 Å². The first-order chi connectivity index (χ1) is 23.1. The molecule has 0 saturated carbocycles. The normalized spacial score (nSPS) is 13.6. The Bertz CT molecular complexity index is 1960. The number of nitrogen functional groups attached to an aromatic ring is 1. The fourth-order valence-corrected chi connectivity index (χ4v) is 13.9. The van der Waals surface area contributed by atoms with Crippen molar-refractivity contribution in [3.8, 4) is 22.6 Å². The minimum absolute atomic E-state index is 0.0104. The Labute approximate surface area is 288 Å². The van der Waals surface area contributed by atoms with Crippen molar-refractivity contribution in [1.29, 1.82) is 0 Å². The van der Waals surface area contributed by atoms with Crippen LogP contribution in [0.25, 0.3) is 22.3 Å². The van der Waals surface area contributed by atoms with E-state index in [1.807, 2.05) is 26.0 Å². The molecule has 0 atom stereocenters. The average Bonchev–Trinajstić information content (AvgIpc) is 3.75. The van der Waals surface area contributed by atoms with Gasteiger partial charge in [0.15, 0.2) is 0 Å². The maximum atomic E-state index is 13.6. The van der Waals surface area contributed by atoms with Gasteiger partial charge in [-0.25, -0.2) is 0 Å². The number of amides is 1. The predicted octanol–water partition coefficient (Wildman–Crippen LogP) is 6.88. The third kappa shape index (κ3) is 6.18. The van der Waals surface area contributed by atoms with Gasteiger partial charge < -0.3 is 0 Å². The number of hydrogen-bond donors (Lipinski definition) is 1. The molecule has 1 aliphatic carbocycles. The zero-order valence-corrected chi connectivity index (χ0v) is 31.6. The van der Waals surface area contributed by atoms with Crippen LogP contribution in [0.1, 0.15) is 37.3 Å². The Morgan fingerprint density at radius 1 is 1.04 bits per heavy atom. The fourth-order valence-electron chi connectivity index (χ4n) is 6.54. The molecule has 2 aliphatic rings. The van der Waals surface area contributed by atoms with E-state index in [1.54, 1.807) is 16.7 Å². The van der Waals surface area contributed by atoms with Gasteiger partial charge >= 0.3 is 214 Å². The van der Waals surface area contributed by atoms with Gasteiger partial charge in [0.2, 0.25) is 0 Å². The van der Waals surface area contributed by atoms with E-state index in [0.29, 0.717) is 36.5 Å². The molecule has 0 fully saturated rings.